The zero-order valence-electron chi connectivity index (χ0n) is 53.5. The predicted molar refractivity (Wildman–Crippen MR) is 331 cm³/mol. The lowest BCUT2D eigenvalue weighted by atomic mass is 10.0. The highest BCUT2D eigenvalue weighted by Gasteiger charge is 2.30. The molecule has 2 unspecified atom stereocenters. The average molecular weight is 1230 g/mol. The summed E-state index contributed by atoms with van der Waals surface area (Å²) in [5.74, 6) is -0.644. The van der Waals surface area contributed by atoms with Crippen molar-refractivity contribution in [3.63, 3.8) is 0 Å². The first-order valence-electron chi connectivity index (χ1n) is 33.5. The minimum atomic E-state index is -4.94. The molecule has 0 fully saturated rings. The summed E-state index contributed by atoms with van der Waals surface area (Å²) in [5, 5.41) is 10.5. The number of aliphatic hydroxyl groups excluding tert-OH is 1. The third-order valence-electron chi connectivity index (χ3n) is 14.7. The zero-order valence-corrected chi connectivity index (χ0v) is 55.3. The Kier molecular flexibility index (Phi) is 55.2. The molecule has 0 spiro atoms. The summed E-state index contributed by atoms with van der Waals surface area (Å²) in [4.78, 5) is 72.1. The van der Waals surface area contributed by atoms with Crippen molar-refractivity contribution in [1.82, 2.24) is 0 Å². The Labute approximate surface area is 505 Å². The molecule has 5 atom stereocenters. The minimum absolute atomic E-state index is 0.106. The van der Waals surface area contributed by atoms with Gasteiger partial charge in [0.05, 0.1) is 26.4 Å². The number of esters is 4. The van der Waals surface area contributed by atoms with E-state index >= 15 is 0 Å². The summed E-state index contributed by atoms with van der Waals surface area (Å²) in [6.07, 6.45) is 38.9. The Morgan fingerprint density at radius 1 is 0.325 bits per heavy atom. The first-order valence-corrected chi connectivity index (χ1v) is 36.5. The van der Waals surface area contributed by atoms with E-state index in [4.69, 9.17) is 37.0 Å². The van der Waals surface area contributed by atoms with Crippen molar-refractivity contribution in [2.75, 3.05) is 39.6 Å². The van der Waals surface area contributed by atoms with Crippen LogP contribution in [-0.2, 0) is 65.4 Å². The van der Waals surface area contributed by atoms with Crippen LogP contribution in [-0.4, -0.2) is 96.7 Å². The molecule has 0 aliphatic carbocycles. The van der Waals surface area contributed by atoms with Crippen molar-refractivity contribution in [2.24, 2.45) is 11.8 Å². The molecule has 0 radical (unpaired) electrons. The van der Waals surface area contributed by atoms with E-state index in [0.29, 0.717) is 25.7 Å². The molecule has 19 heteroatoms. The van der Waals surface area contributed by atoms with Crippen LogP contribution in [0.2, 0.25) is 0 Å². The topological polar surface area (TPSA) is 237 Å². The van der Waals surface area contributed by atoms with Crippen molar-refractivity contribution < 1.29 is 80.2 Å². The lowest BCUT2D eigenvalue weighted by Crippen LogP contribution is -2.30. The standard InChI is InChI=1S/C64H124O17P2/c1-7-9-11-13-15-17-22-30-36-42-48-63(68)80-59(52-74-61(66)46-40-34-28-16-14-12-10-8-2)54-78-82(70,71)76-50-58(65)51-77-83(72,73)79-55-60(53-75-62(67)47-41-35-29-25-24-27-33-39-45-57(5)6)81-64(69)49-43-37-31-23-20-18-19-21-26-32-38-44-56(3)4/h56-60,65H,7-55H2,1-6H3,(H,70,71)(H,72,73)/t58-,59+,60+/m0/s1. The van der Waals surface area contributed by atoms with Crippen LogP contribution in [0.15, 0.2) is 0 Å². The molecule has 0 aromatic heterocycles. The van der Waals surface area contributed by atoms with Crippen LogP contribution < -0.4 is 0 Å². The summed E-state index contributed by atoms with van der Waals surface area (Å²) in [5.41, 5.74) is 0. The third kappa shape index (κ3) is 58.8. The smallest absolute Gasteiger partial charge is 0.462 e. The number of hydrogen-bond acceptors (Lipinski definition) is 15. The molecule has 17 nitrogen and oxygen atoms in total. The van der Waals surface area contributed by atoms with Crippen molar-refractivity contribution in [2.45, 2.75) is 336 Å². The number of rotatable bonds is 63. The number of phosphoric acid groups is 2. The number of hydrogen-bond donors (Lipinski definition) is 3. The molecule has 0 aliphatic heterocycles. The minimum Gasteiger partial charge on any atom is -0.462 e. The lowest BCUT2D eigenvalue weighted by Gasteiger charge is -2.21. The molecular formula is C64H124O17P2. The fourth-order valence-corrected chi connectivity index (χ4v) is 11.1. The number of carbonyl (C=O) groups is 4. The van der Waals surface area contributed by atoms with Crippen LogP contribution in [0.1, 0.15) is 318 Å². The molecule has 492 valence electrons. The van der Waals surface area contributed by atoms with E-state index in [0.717, 1.165) is 108 Å². The van der Waals surface area contributed by atoms with Crippen LogP contribution in [0.3, 0.4) is 0 Å². The van der Waals surface area contributed by atoms with Gasteiger partial charge in [0.1, 0.15) is 19.3 Å². The molecule has 0 bridgehead atoms. The second-order valence-electron chi connectivity index (χ2n) is 24.1. The summed E-state index contributed by atoms with van der Waals surface area (Å²) in [6, 6.07) is 0. The lowest BCUT2D eigenvalue weighted by molar-refractivity contribution is -0.161. The molecule has 83 heavy (non-hydrogen) atoms. The number of phosphoric ester groups is 2. The summed E-state index contributed by atoms with van der Waals surface area (Å²) in [6.45, 7) is 9.43. The van der Waals surface area contributed by atoms with Crippen LogP contribution in [0.4, 0.5) is 0 Å². The van der Waals surface area contributed by atoms with Gasteiger partial charge < -0.3 is 33.8 Å². The van der Waals surface area contributed by atoms with Crippen LogP contribution >= 0.6 is 15.6 Å². The van der Waals surface area contributed by atoms with Gasteiger partial charge in [-0.05, 0) is 37.5 Å². The van der Waals surface area contributed by atoms with E-state index in [-0.39, 0.29) is 25.7 Å². The third-order valence-corrected chi connectivity index (χ3v) is 16.6. The monoisotopic (exact) mass is 1230 g/mol. The van der Waals surface area contributed by atoms with Crippen LogP contribution in [0.5, 0.6) is 0 Å². The van der Waals surface area contributed by atoms with Gasteiger partial charge in [-0.2, -0.15) is 0 Å². The van der Waals surface area contributed by atoms with Gasteiger partial charge in [0.15, 0.2) is 12.2 Å². The Bertz CT molecular complexity index is 1630. The van der Waals surface area contributed by atoms with E-state index in [2.05, 4.69) is 41.5 Å². The summed E-state index contributed by atoms with van der Waals surface area (Å²) >= 11 is 0. The van der Waals surface area contributed by atoms with Crippen molar-refractivity contribution in [1.29, 1.82) is 0 Å². The van der Waals surface area contributed by atoms with Gasteiger partial charge >= 0.3 is 39.5 Å². The molecule has 0 amide bonds. The molecular weight excluding hydrogens is 1100 g/mol. The van der Waals surface area contributed by atoms with Gasteiger partial charge in [0.25, 0.3) is 0 Å². The first kappa shape index (κ1) is 81.1. The van der Waals surface area contributed by atoms with Gasteiger partial charge in [-0.3, -0.25) is 37.3 Å². The van der Waals surface area contributed by atoms with Gasteiger partial charge in [0, 0.05) is 25.7 Å². The SMILES string of the molecule is CCCCCCCCCCCCC(=O)O[C@H](COC(=O)CCCCCCCCCC)COP(=O)(O)OC[C@H](O)COP(=O)(O)OC[C@@H](COC(=O)CCCCCCCCCCC(C)C)OC(=O)CCCCCCCCCCCCCC(C)C. The number of unbranched alkanes of at least 4 members (excludes halogenated alkanes) is 33. The average Bonchev–Trinajstić information content (AvgIpc) is 3.46. The number of ether oxygens (including phenoxy) is 4. The van der Waals surface area contributed by atoms with Crippen molar-refractivity contribution >= 4 is 39.5 Å². The van der Waals surface area contributed by atoms with Crippen molar-refractivity contribution in [3.8, 4) is 0 Å². The molecule has 0 aromatic rings. The molecule has 0 heterocycles. The second kappa shape index (κ2) is 56.6. The molecule has 0 saturated heterocycles. The van der Waals surface area contributed by atoms with Crippen LogP contribution in [0, 0.1) is 11.8 Å². The molecule has 3 N–H and O–H groups in total. The van der Waals surface area contributed by atoms with E-state index in [9.17, 15) is 43.2 Å². The quantitative estimate of drug-likeness (QED) is 0.0222. The Morgan fingerprint density at radius 3 is 0.819 bits per heavy atom. The Hall–Kier alpha value is -1.94. The highest BCUT2D eigenvalue weighted by atomic mass is 31.2. The van der Waals surface area contributed by atoms with Gasteiger partial charge in [-0.15, -0.1) is 0 Å². The second-order valence-corrected chi connectivity index (χ2v) is 27.0. The Balaban J connectivity index is 5.23. The van der Waals surface area contributed by atoms with Crippen LogP contribution in [0.25, 0.3) is 0 Å². The largest absolute Gasteiger partial charge is 0.472 e. The molecule has 0 rings (SSSR count). The summed E-state index contributed by atoms with van der Waals surface area (Å²) < 4.78 is 67.9. The predicted octanol–water partition coefficient (Wildman–Crippen LogP) is 17.7. The van der Waals surface area contributed by atoms with Crippen molar-refractivity contribution in [3.05, 3.63) is 0 Å². The van der Waals surface area contributed by atoms with E-state index in [1.807, 2.05) is 0 Å². The molecule has 0 saturated carbocycles. The molecule has 0 aliphatic rings. The normalized spacial score (nSPS) is 14.3. The van der Waals surface area contributed by atoms with Gasteiger partial charge in [-0.1, -0.05) is 266 Å². The maximum absolute atomic E-state index is 13.0. The number of carbonyl (C=O) groups excluding carboxylic acids is 4. The van der Waals surface area contributed by atoms with E-state index in [1.165, 1.54) is 128 Å². The maximum Gasteiger partial charge on any atom is 0.472 e. The van der Waals surface area contributed by atoms with Gasteiger partial charge in [-0.25, -0.2) is 9.13 Å². The zero-order chi connectivity index (χ0) is 61.5. The van der Waals surface area contributed by atoms with E-state index < -0.39 is 97.5 Å². The highest BCUT2D eigenvalue weighted by molar-refractivity contribution is 7.47. The number of aliphatic hydroxyl groups is 1. The summed E-state index contributed by atoms with van der Waals surface area (Å²) in [7, 11) is -9.88. The highest BCUT2D eigenvalue weighted by Crippen LogP contribution is 2.45. The van der Waals surface area contributed by atoms with E-state index in [1.54, 1.807) is 0 Å². The maximum atomic E-state index is 13.0. The molecule has 0 aromatic carbocycles. The van der Waals surface area contributed by atoms with Gasteiger partial charge in [0.2, 0.25) is 0 Å². The Morgan fingerprint density at radius 2 is 0.554 bits per heavy atom. The first-order chi connectivity index (χ1) is 39.9. The fraction of sp³-hybridized carbons (Fsp3) is 0.938. The fourth-order valence-electron chi connectivity index (χ4n) is 9.53.